The Balaban J connectivity index is 1.35. The fraction of sp³-hybridized carbons (Fsp3) is 0.667. The maximum Gasteiger partial charge on any atom is 0.310 e. The third kappa shape index (κ3) is 6.93. The summed E-state index contributed by atoms with van der Waals surface area (Å²) in [6, 6.07) is 22.2. The fourth-order valence-corrected chi connectivity index (χ4v) is 17.2. The van der Waals surface area contributed by atoms with E-state index in [1.54, 1.807) is 0 Å². The molecule has 10 atom stereocenters. The molecule has 0 N–H and O–H groups in total. The van der Waals surface area contributed by atoms with E-state index in [1.165, 1.54) is 10.6 Å². The highest BCUT2D eigenvalue weighted by Gasteiger charge is 2.63. The Kier molecular flexibility index (Phi) is 9.83. The van der Waals surface area contributed by atoms with Crippen molar-refractivity contribution in [1.29, 1.82) is 0 Å². The van der Waals surface area contributed by atoms with Gasteiger partial charge in [-0.3, -0.25) is 9.59 Å². The minimum Gasteiger partial charge on any atom is -0.460 e. The molecular weight excluding hydrogens is 630 g/mol. The van der Waals surface area contributed by atoms with Crippen LogP contribution in [0.25, 0.3) is 0 Å². The predicted octanol–water partition coefficient (Wildman–Crippen LogP) is 9.39. The molecule has 0 heterocycles. The summed E-state index contributed by atoms with van der Waals surface area (Å²) in [5.41, 5.74) is -0.0543. The van der Waals surface area contributed by atoms with Crippen molar-refractivity contribution in [3.8, 4) is 0 Å². The van der Waals surface area contributed by atoms with Crippen LogP contribution in [0, 0.1) is 46.3 Å². The Bertz CT molecular complexity index is 1340. The summed E-state index contributed by atoms with van der Waals surface area (Å²) >= 11 is 0. The Morgan fingerprint density at radius 1 is 0.604 bits per heavy atom. The van der Waals surface area contributed by atoms with E-state index in [9.17, 15) is 9.59 Å². The molecule has 6 heteroatoms. The Morgan fingerprint density at radius 3 is 1.23 bits per heavy atom. The van der Waals surface area contributed by atoms with Crippen LogP contribution in [0.15, 0.2) is 60.7 Å². The second-order valence-corrected chi connectivity index (χ2v) is 23.6. The molecule has 2 aromatic carbocycles. The fourth-order valence-electron chi connectivity index (χ4n) is 10.00. The predicted molar refractivity (Wildman–Crippen MR) is 202 cm³/mol. The topological polar surface area (TPSA) is 52.6 Å². The first-order chi connectivity index (χ1) is 22.4. The summed E-state index contributed by atoms with van der Waals surface area (Å²) < 4.78 is 12.4. The zero-order chi connectivity index (χ0) is 34.8. The molecule has 0 spiro atoms. The monoisotopic (exact) mass is 690 g/mol. The average molecular weight is 691 g/mol. The van der Waals surface area contributed by atoms with Gasteiger partial charge in [-0.1, -0.05) is 104 Å². The number of rotatable bonds is 9. The molecule has 0 aliphatic heterocycles. The molecule has 8 rings (SSSR count). The highest BCUT2D eigenvalue weighted by atomic mass is 31.1. The maximum atomic E-state index is 14.2. The minimum absolute atomic E-state index is 0.0112. The Labute approximate surface area is 293 Å². The van der Waals surface area contributed by atoms with Gasteiger partial charge in [-0.05, 0) is 136 Å². The quantitative estimate of drug-likeness (QED) is 0.194. The van der Waals surface area contributed by atoms with Crippen molar-refractivity contribution >= 4 is 38.4 Å². The molecule has 6 aliphatic rings. The van der Waals surface area contributed by atoms with Crippen LogP contribution in [0.3, 0.4) is 0 Å². The van der Waals surface area contributed by atoms with Crippen molar-refractivity contribution in [2.45, 2.75) is 117 Å². The van der Waals surface area contributed by atoms with Crippen molar-refractivity contribution in [2.24, 2.45) is 46.3 Å². The summed E-state index contributed by atoms with van der Waals surface area (Å²) in [5.74, 6) is 1.91. The van der Waals surface area contributed by atoms with Gasteiger partial charge in [0.15, 0.2) is 0 Å². The summed E-state index contributed by atoms with van der Waals surface area (Å²) in [5, 5.41) is 2.81. The van der Waals surface area contributed by atoms with Gasteiger partial charge in [-0.15, -0.1) is 0 Å². The summed E-state index contributed by atoms with van der Waals surface area (Å²) in [6.07, 6.45) is 6.61. The van der Waals surface area contributed by atoms with Gasteiger partial charge >= 0.3 is 11.9 Å². The smallest absolute Gasteiger partial charge is 0.310 e. The molecule has 0 saturated heterocycles. The normalized spacial score (nSPS) is 33.0. The standard InChI is InChI=1S/C42H60O4P2/c1-39(2,3)45-37(43)35-31-23-27(41(31,7)8)25-33(35)47(29-17-13-11-14-18-29)21-22-48(30-19-15-12-16-20-30)34-26-28-24-32(42(28,9)10)36(34)38(44)46-40(4,5)6/h11-20,27-28,31-36H,21-26H2,1-10H3/t27?,28?,31-,32-,33-,34-,35-,36-,47?,48?/m0/s1. The Hall–Kier alpha value is -1.76. The molecule has 6 aliphatic carbocycles. The van der Waals surface area contributed by atoms with E-state index in [0.29, 0.717) is 35.0 Å². The molecule has 4 bridgehead atoms. The van der Waals surface area contributed by atoms with E-state index >= 15 is 0 Å². The van der Waals surface area contributed by atoms with Gasteiger partial charge in [0.1, 0.15) is 11.2 Å². The second kappa shape index (κ2) is 13.1. The number of carbonyl (C=O) groups excluding carboxylic acids is 2. The molecule has 4 unspecified atom stereocenters. The van der Waals surface area contributed by atoms with Crippen LogP contribution in [0.5, 0.6) is 0 Å². The van der Waals surface area contributed by atoms with Crippen molar-refractivity contribution in [2.75, 3.05) is 12.3 Å². The van der Waals surface area contributed by atoms with E-state index in [-0.39, 0.29) is 34.6 Å². The number of fused-ring (bicyclic) bond motifs is 4. The lowest BCUT2D eigenvalue weighted by atomic mass is 9.45. The molecule has 4 nitrogen and oxygen atoms in total. The zero-order valence-electron chi connectivity index (χ0n) is 31.2. The molecule has 0 aromatic heterocycles. The van der Waals surface area contributed by atoms with E-state index in [2.05, 4.69) is 88.4 Å². The first-order valence-electron chi connectivity index (χ1n) is 18.5. The summed E-state index contributed by atoms with van der Waals surface area (Å²) in [6.45, 7) is 21.5. The number of carbonyl (C=O) groups is 2. The van der Waals surface area contributed by atoms with Gasteiger partial charge in [0, 0.05) is 0 Å². The Morgan fingerprint density at radius 2 is 0.938 bits per heavy atom. The van der Waals surface area contributed by atoms with Crippen LogP contribution in [-0.2, 0) is 19.1 Å². The highest BCUT2D eigenvalue weighted by molar-refractivity contribution is 7.70. The third-order valence-corrected chi connectivity index (χ3v) is 19.1. The van der Waals surface area contributed by atoms with Crippen molar-refractivity contribution < 1.29 is 19.1 Å². The zero-order valence-corrected chi connectivity index (χ0v) is 33.0. The first kappa shape index (κ1) is 36.0. The van der Waals surface area contributed by atoms with Crippen LogP contribution in [0.2, 0.25) is 0 Å². The lowest BCUT2D eigenvalue weighted by molar-refractivity contribution is -0.180. The highest BCUT2D eigenvalue weighted by Crippen LogP contribution is 2.69. The SMILES string of the molecule is CC(C)(C)OC(=O)[C@@H]1[C@@H](P(CCP(c2ccccc2)[C@H]2CC3C[C@@H]([C@@H]2C(=O)OC(C)(C)C)C3(C)C)c2ccccc2)CC2C[C@@H]1C2(C)C. The number of benzene rings is 2. The van der Waals surface area contributed by atoms with E-state index < -0.39 is 27.0 Å². The molecule has 6 saturated carbocycles. The number of hydrogen-bond acceptors (Lipinski definition) is 4. The molecule has 6 fully saturated rings. The van der Waals surface area contributed by atoms with Crippen LogP contribution < -0.4 is 10.6 Å². The van der Waals surface area contributed by atoms with E-state index in [1.807, 2.05) is 41.5 Å². The largest absolute Gasteiger partial charge is 0.460 e. The molecule has 0 amide bonds. The van der Waals surface area contributed by atoms with Gasteiger partial charge in [-0.25, -0.2) is 0 Å². The first-order valence-corrected chi connectivity index (χ1v) is 21.7. The molecule has 48 heavy (non-hydrogen) atoms. The van der Waals surface area contributed by atoms with Crippen LogP contribution in [0.4, 0.5) is 0 Å². The minimum atomic E-state index is -0.640. The molecule has 2 aromatic rings. The van der Waals surface area contributed by atoms with E-state index in [0.717, 1.165) is 38.0 Å². The van der Waals surface area contributed by atoms with Crippen LogP contribution in [-0.4, -0.2) is 46.8 Å². The summed E-state index contributed by atoms with van der Waals surface area (Å²) in [7, 11) is -1.28. The second-order valence-electron chi connectivity index (χ2n) is 18.5. The number of hydrogen-bond donors (Lipinski definition) is 0. The molecule has 262 valence electrons. The van der Waals surface area contributed by atoms with Gasteiger partial charge in [0.25, 0.3) is 0 Å². The summed E-state index contributed by atoms with van der Waals surface area (Å²) in [4.78, 5) is 28.3. The molecule has 0 radical (unpaired) electrons. The van der Waals surface area contributed by atoms with Crippen molar-refractivity contribution in [1.82, 2.24) is 0 Å². The number of esters is 2. The van der Waals surface area contributed by atoms with Crippen molar-refractivity contribution in [3.05, 3.63) is 60.7 Å². The maximum absolute atomic E-state index is 14.2. The van der Waals surface area contributed by atoms with Gasteiger partial charge < -0.3 is 9.47 Å². The van der Waals surface area contributed by atoms with Gasteiger partial charge in [0.05, 0.1) is 11.8 Å². The van der Waals surface area contributed by atoms with Crippen molar-refractivity contribution in [3.63, 3.8) is 0 Å². The van der Waals surface area contributed by atoms with Crippen LogP contribution >= 0.6 is 15.8 Å². The van der Waals surface area contributed by atoms with E-state index in [4.69, 9.17) is 9.47 Å². The lowest BCUT2D eigenvalue weighted by Gasteiger charge is -2.63. The van der Waals surface area contributed by atoms with Crippen LogP contribution in [0.1, 0.15) is 94.9 Å². The number of ether oxygens (including phenoxy) is 2. The lowest BCUT2D eigenvalue weighted by Crippen LogP contribution is -2.60. The third-order valence-electron chi connectivity index (χ3n) is 12.8. The van der Waals surface area contributed by atoms with Gasteiger partial charge in [-0.2, -0.15) is 0 Å². The average Bonchev–Trinajstić information content (AvgIpc) is 3.01. The van der Waals surface area contributed by atoms with Gasteiger partial charge in [0.2, 0.25) is 0 Å². The molecular formula is C42H60O4P2.